The quantitative estimate of drug-likeness (QED) is 0.769. The minimum absolute atomic E-state index is 0.306. The summed E-state index contributed by atoms with van der Waals surface area (Å²) in [5.41, 5.74) is -0.628. The summed E-state index contributed by atoms with van der Waals surface area (Å²) in [6.45, 7) is 0.903. The maximum Gasteiger partial charge on any atom is 0.330 e. The van der Waals surface area contributed by atoms with E-state index in [9.17, 15) is 14.7 Å². The lowest BCUT2D eigenvalue weighted by molar-refractivity contribution is 0.0473. The first-order valence-electron chi connectivity index (χ1n) is 6.62. The minimum atomic E-state index is -0.626. The average Bonchev–Trinajstić information content (AvgIpc) is 2.80. The molecule has 1 aliphatic carbocycles. The molecular formula is C13H21N3O3. The molecule has 6 heteroatoms. The Labute approximate surface area is 111 Å². The van der Waals surface area contributed by atoms with Crippen molar-refractivity contribution in [2.24, 2.45) is 14.1 Å². The molecule has 1 saturated carbocycles. The van der Waals surface area contributed by atoms with Crippen molar-refractivity contribution < 1.29 is 5.11 Å². The summed E-state index contributed by atoms with van der Waals surface area (Å²) in [5.74, 6) is 0. The smallest absolute Gasteiger partial charge is 0.330 e. The van der Waals surface area contributed by atoms with Gasteiger partial charge in [-0.2, -0.15) is 0 Å². The number of aromatic nitrogens is 2. The first-order valence-corrected chi connectivity index (χ1v) is 6.62. The van der Waals surface area contributed by atoms with Gasteiger partial charge in [0.25, 0.3) is 5.56 Å². The molecule has 0 amide bonds. The lowest BCUT2D eigenvalue weighted by Crippen LogP contribution is -2.41. The highest BCUT2D eigenvalue weighted by Crippen LogP contribution is 2.28. The molecule has 19 heavy (non-hydrogen) atoms. The first-order chi connectivity index (χ1) is 8.93. The van der Waals surface area contributed by atoms with Gasteiger partial charge in [0, 0.05) is 38.9 Å². The SMILES string of the molecule is Cn1c(CNCC2(O)CCCC2)cc(=O)n(C)c1=O. The highest BCUT2D eigenvalue weighted by Gasteiger charge is 2.30. The van der Waals surface area contributed by atoms with Gasteiger partial charge in [0.1, 0.15) is 0 Å². The standard InChI is InChI=1S/C13H21N3O3/c1-15-10(7-11(17)16(2)12(15)18)8-14-9-13(19)5-3-4-6-13/h7,14,19H,3-6,8-9H2,1-2H3. The van der Waals surface area contributed by atoms with Gasteiger partial charge in [-0.15, -0.1) is 0 Å². The molecule has 2 N–H and O–H groups in total. The van der Waals surface area contributed by atoms with Crippen molar-refractivity contribution >= 4 is 0 Å². The topological polar surface area (TPSA) is 76.3 Å². The molecule has 2 rings (SSSR count). The fourth-order valence-electron chi connectivity index (χ4n) is 2.58. The Kier molecular flexibility index (Phi) is 3.91. The van der Waals surface area contributed by atoms with E-state index in [1.807, 2.05) is 0 Å². The zero-order valence-corrected chi connectivity index (χ0v) is 11.5. The summed E-state index contributed by atoms with van der Waals surface area (Å²) in [5, 5.41) is 13.3. The zero-order valence-electron chi connectivity index (χ0n) is 11.5. The number of rotatable bonds is 4. The van der Waals surface area contributed by atoms with Gasteiger partial charge >= 0.3 is 5.69 Å². The van der Waals surface area contributed by atoms with Crippen LogP contribution in [0.5, 0.6) is 0 Å². The van der Waals surface area contributed by atoms with E-state index in [0.29, 0.717) is 18.8 Å². The van der Waals surface area contributed by atoms with Gasteiger partial charge in [-0.05, 0) is 12.8 Å². The van der Waals surface area contributed by atoms with Crippen molar-refractivity contribution in [3.05, 3.63) is 32.6 Å². The highest BCUT2D eigenvalue weighted by molar-refractivity contribution is 5.02. The predicted octanol–water partition coefficient (Wildman–Crippen LogP) is -0.521. The van der Waals surface area contributed by atoms with Gasteiger partial charge in [-0.1, -0.05) is 12.8 Å². The van der Waals surface area contributed by atoms with Crippen molar-refractivity contribution in [1.29, 1.82) is 0 Å². The van der Waals surface area contributed by atoms with Gasteiger partial charge in [-0.3, -0.25) is 13.9 Å². The summed E-state index contributed by atoms with van der Waals surface area (Å²) in [6.07, 6.45) is 3.75. The van der Waals surface area contributed by atoms with Crippen LogP contribution in [0, 0.1) is 0 Å². The van der Waals surface area contributed by atoms with Crippen molar-refractivity contribution in [1.82, 2.24) is 14.5 Å². The molecule has 1 fully saturated rings. The normalized spacial score (nSPS) is 17.8. The Morgan fingerprint density at radius 2 is 1.89 bits per heavy atom. The lowest BCUT2D eigenvalue weighted by Gasteiger charge is -2.22. The Hall–Kier alpha value is -1.40. The van der Waals surface area contributed by atoms with Gasteiger partial charge in [0.15, 0.2) is 0 Å². The number of hydrogen-bond acceptors (Lipinski definition) is 4. The lowest BCUT2D eigenvalue weighted by atomic mass is 10.0. The highest BCUT2D eigenvalue weighted by atomic mass is 16.3. The number of nitrogens with zero attached hydrogens (tertiary/aromatic N) is 2. The van der Waals surface area contributed by atoms with Crippen molar-refractivity contribution in [2.45, 2.75) is 37.8 Å². The Bertz CT molecular complexity index is 567. The predicted molar refractivity (Wildman–Crippen MR) is 72.0 cm³/mol. The van der Waals surface area contributed by atoms with Crippen molar-refractivity contribution in [2.75, 3.05) is 6.54 Å². The maximum atomic E-state index is 11.7. The van der Waals surface area contributed by atoms with Crippen LogP contribution >= 0.6 is 0 Å². The molecule has 0 bridgehead atoms. The Morgan fingerprint density at radius 3 is 2.53 bits per heavy atom. The molecule has 0 spiro atoms. The van der Waals surface area contributed by atoms with Crippen molar-refractivity contribution in [3.63, 3.8) is 0 Å². The molecule has 1 aromatic heterocycles. The third kappa shape index (κ3) is 2.96. The molecule has 1 aromatic rings. The van der Waals surface area contributed by atoms with E-state index in [4.69, 9.17) is 0 Å². The van der Waals surface area contributed by atoms with E-state index >= 15 is 0 Å². The molecule has 1 aliphatic rings. The molecule has 0 unspecified atom stereocenters. The van der Waals surface area contributed by atoms with Crippen LogP contribution in [0.4, 0.5) is 0 Å². The number of nitrogens with one attached hydrogen (secondary N) is 1. The summed E-state index contributed by atoms with van der Waals surface area (Å²) < 4.78 is 2.53. The fourth-order valence-corrected chi connectivity index (χ4v) is 2.58. The average molecular weight is 267 g/mol. The van der Waals surface area contributed by atoms with Crippen LogP contribution in [-0.4, -0.2) is 26.4 Å². The summed E-state index contributed by atoms with van der Waals surface area (Å²) in [7, 11) is 3.10. The third-order valence-corrected chi connectivity index (χ3v) is 3.92. The molecule has 0 aromatic carbocycles. The fraction of sp³-hybridized carbons (Fsp3) is 0.692. The van der Waals surface area contributed by atoms with E-state index < -0.39 is 5.60 Å². The van der Waals surface area contributed by atoms with E-state index in [0.717, 1.165) is 30.3 Å². The van der Waals surface area contributed by atoms with Gasteiger partial charge in [-0.25, -0.2) is 4.79 Å². The zero-order chi connectivity index (χ0) is 14.0. The molecule has 0 saturated heterocycles. The molecule has 0 aliphatic heterocycles. The van der Waals surface area contributed by atoms with Crippen LogP contribution in [0.25, 0.3) is 0 Å². The first kappa shape index (κ1) is 14.0. The Morgan fingerprint density at radius 1 is 1.26 bits per heavy atom. The second kappa shape index (κ2) is 5.30. The molecule has 0 radical (unpaired) electrons. The van der Waals surface area contributed by atoms with E-state index in [2.05, 4.69) is 5.32 Å². The third-order valence-electron chi connectivity index (χ3n) is 3.92. The molecule has 106 valence electrons. The van der Waals surface area contributed by atoms with E-state index in [-0.39, 0.29) is 11.2 Å². The summed E-state index contributed by atoms with van der Waals surface area (Å²) >= 11 is 0. The second-order valence-electron chi connectivity index (χ2n) is 5.41. The van der Waals surface area contributed by atoms with E-state index in [1.54, 1.807) is 7.05 Å². The minimum Gasteiger partial charge on any atom is -0.389 e. The molecular weight excluding hydrogens is 246 g/mol. The van der Waals surface area contributed by atoms with E-state index in [1.165, 1.54) is 17.7 Å². The summed E-state index contributed by atoms with van der Waals surface area (Å²) in [6, 6.07) is 1.45. The number of aliphatic hydroxyl groups is 1. The summed E-state index contributed by atoms with van der Waals surface area (Å²) in [4.78, 5) is 23.3. The van der Waals surface area contributed by atoms with Crippen LogP contribution in [0.3, 0.4) is 0 Å². The number of hydrogen-bond donors (Lipinski definition) is 2. The van der Waals surface area contributed by atoms with Crippen molar-refractivity contribution in [3.8, 4) is 0 Å². The van der Waals surface area contributed by atoms with Crippen LogP contribution in [0.2, 0.25) is 0 Å². The molecule has 0 atom stereocenters. The second-order valence-corrected chi connectivity index (χ2v) is 5.41. The monoisotopic (exact) mass is 267 g/mol. The largest absolute Gasteiger partial charge is 0.389 e. The van der Waals surface area contributed by atoms with Crippen LogP contribution < -0.4 is 16.6 Å². The van der Waals surface area contributed by atoms with Gasteiger partial charge < -0.3 is 10.4 Å². The van der Waals surface area contributed by atoms with Crippen LogP contribution in [-0.2, 0) is 20.6 Å². The van der Waals surface area contributed by atoms with Crippen LogP contribution in [0.15, 0.2) is 15.7 Å². The maximum absolute atomic E-state index is 11.7. The molecule has 1 heterocycles. The van der Waals surface area contributed by atoms with Gasteiger partial charge in [0.05, 0.1) is 5.60 Å². The van der Waals surface area contributed by atoms with Crippen LogP contribution in [0.1, 0.15) is 31.4 Å². The van der Waals surface area contributed by atoms with Gasteiger partial charge in [0.2, 0.25) is 0 Å². The molecule has 6 nitrogen and oxygen atoms in total. The Balaban J connectivity index is 2.04.